The van der Waals surface area contributed by atoms with E-state index in [4.69, 9.17) is 4.98 Å². The average molecular weight is 919 g/mol. The topological polar surface area (TPSA) is 59.0 Å². The average Bonchev–Trinajstić information content (AvgIpc) is 3.19. The molecule has 3 nitrogen and oxygen atoms in total. The van der Waals surface area contributed by atoms with Crippen molar-refractivity contribution in [2.45, 2.75) is 111 Å². The summed E-state index contributed by atoms with van der Waals surface area (Å²) in [6, 6.07) is 31.6. The van der Waals surface area contributed by atoms with Crippen molar-refractivity contribution >= 4 is 0 Å². The summed E-state index contributed by atoms with van der Waals surface area (Å²) in [5, 5.41) is 29.5. The van der Waals surface area contributed by atoms with E-state index in [1.807, 2.05) is 0 Å². The molecule has 290 valence electrons. The zero-order chi connectivity index (χ0) is 39.1. The van der Waals surface area contributed by atoms with Gasteiger partial charge in [-0.2, -0.15) is 0 Å². The maximum atomic E-state index is 14.7. The molecule has 4 aromatic carbocycles. The predicted molar refractivity (Wildman–Crippen MR) is 226 cm³/mol. The second-order valence-electron chi connectivity index (χ2n) is 19.8. The van der Waals surface area contributed by atoms with Crippen molar-refractivity contribution in [2.75, 3.05) is 0 Å². The molecule has 0 atom stereocenters. The van der Waals surface area contributed by atoms with Gasteiger partial charge in [0.2, 0.25) is 0 Å². The summed E-state index contributed by atoms with van der Waals surface area (Å²) in [6.07, 6.45) is 15.3. The molecule has 5 aromatic rings. The van der Waals surface area contributed by atoms with Crippen LogP contribution in [0, 0.1) is 49.4 Å². The normalized spacial score (nSPS) is 30.2. The van der Waals surface area contributed by atoms with E-state index in [2.05, 4.69) is 114 Å². The van der Waals surface area contributed by atoms with Crippen molar-refractivity contribution < 1.29 is 33.1 Å². The standard InChI is InChI=1S/C51H53NO2.2CH3.Hf/c1-30-14-42(48(53)44(16-30)50-24-32-18-33(25-50)20-34(19-32)26-50)38-8-3-5-10-40(38)46-12-7-13-47(52-46)41-11-6-4-9-39(41)43-15-31(2)17-45(49(43)54)51-27-35-21-36(28-51)23-37(22-35)29-51;;;/h3-17,32-37,53-54H,18-29H2,1-2H3;2*1H3;/q;;;+2/p-2. The first-order valence-electron chi connectivity index (χ1n) is 22.0. The van der Waals surface area contributed by atoms with Crippen molar-refractivity contribution in [1.82, 2.24) is 4.98 Å². The van der Waals surface area contributed by atoms with Crippen LogP contribution in [0.1, 0.15) is 99.3 Å². The molecule has 1 aromatic heterocycles. The molecule has 0 amide bonds. The fraction of sp³-hybridized carbons (Fsp3) is 0.453. The van der Waals surface area contributed by atoms with Gasteiger partial charge in [0, 0.05) is 11.1 Å². The predicted octanol–water partition coefficient (Wildman–Crippen LogP) is 12.6. The molecule has 4 heteroatoms. The van der Waals surface area contributed by atoms with Crippen LogP contribution in [0.2, 0.25) is 9.36 Å². The van der Waals surface area contributed by atoms with Gasteiger partial charge in [0.25, 0.3) is 0 Å². The molecule has 57 heavy (non-hydrogen) atoms. The van der Waals surface area contributed by atoms with E-state index in [1.54, 1.807) is 0 Å². The monoisotopic (exact) mass is 919 g/mol. The van der Waals surface area contributed by atoms with Gasteiger partial charge < -0.3 is 10.2 Å². The van der Waals surface area contributed by atoms with Crippen LogP contribution >= 0.6 is 0 Å². The maximum absolute atomic E-state index is 14.7. The molecule has 8 fully saturated rings. The molecule has 0 saturated heterocycles. The van der Waals surface area contributed by atoms with E-state index in [1.165, 1.54) is 88.2 Å². The van der Waals surface area contributed by atoms with Crippen LogP contribution in [-0.2, 0) is 33.7 Å². The minimum atomic E-state index is 0.0369. The number of rotatable bonds is 6. The van der Waals surface area contributed by atoms with Crippen LogP contribution in [0.4, 0.5) is 0 Å². The van der Waals surface area contributed by atoms with Gasteiger partial charge in [-0.05, 0) is 183 Å². The van der Waals surface area contributed by atoms with Crippen molar-refractivity contribution in [1.29, 1.82) is 0 Å². The molecule has 8 bridgehead atoms. The van der Waals surface area contributed by atoms with Crippen molar-refractivity contribution in [3.63, 3.8) is 0 Å². The first-order chi connectivity index (χ1) is 27.6. The van der Waals surface area contributed by atoms with Gasteiger partial charge in [0.1, 0.15) is 0 Å². The Labute approximate surface area is 352 Å². The second-order valence-corrected chi connectivity index (χ2v) is 23.4. The van der Waals surface area contributed by atoms with E-state index in [0.29, 0.717) is 0 Å². The summed E-state index contributed by atoms with van der Waals surface area (Å²) in [7, 11) is 0. The second kappa shape index (κ2) is 14.6. The van der Waals surface area contributed by atoms with Gasteiger partial charge in [-0.25, -0.2) is 4.98 Å². The zero-order valence-electron chi connectivity index (χ0n) is 34.4. The van der Waals surface area contributed by atoms with E-state index in [9.17, 15) is 10.2 Å². The van der Waals surface area contributed by atoms with Crippen LogP contribution in [0.25, 0.3) is 44.8 Å². The Hall–Kier alpha value is -3.50. The SMILES string of the molecule is Cc1cc(-c2ccccc2-c2cccc(-c3ccccc3-c3cc(C)cc(C45CC6CC(CC(C6)C4)C5)c3[O-])n2)c([O-])c(C23CC4CC(CC(C4)C2)C3)c1.[CH3][Hf+2][CH3]. The molecule has 1 heterocycles. The summed E-state index contributed by atoms with van der Waals surface area (Å²) in [5.74, 6) is 5.12. The van der Waals surface area contributed by atoms with Gasteiger partial charge in [-0.1, -0.05) is 101 Å². The first kappa shape index (κ1) is 37.7. The zero-order valence-corrected chi connectivity index (χ0v) is 38.0. The van der Waals surface area contributed by atoms with Crippen LogP contribution in [0.3, 0.4) is 0 Å². The number of aryl methyl sites for hydroxylation is 2. The Morgan fingerprint density at radius 2 is 0.772 bits per heavy atom. The van der Waals surface area contributed by atoms with Gasteiger partial charge in [0.05, 0.1) is 11.4 Å². The third kappa shape index (κ3) is 6.59. The van der Waals surface area contributed by atoms with Gasteiger partial charge in [-0.15, -0.1) is 0 Å². The Morgan fingerprint density at radius 1 is 0.456 bits per heavy atom. The summed E-state index contributed by atoms with van der Waals surface area (Å²) in [6.45, 7) is 4.32. The van der Waals surface area contributed by atoms with Crippen LogP contribution in [-0.4, -0.2) is 4.98 Å². The molecule has 8 aliphatic carbocycles. The summed E-state index contributed by atoms with van der Waals surface area (Å²) in [5.41, 5.74) is 11.7. The molecule has 0 spiro atoms. The fourth-order valence-electron chi connectivity index (χ4n) is 14.2. The Morgan fingerprint density at radius 3 is 1.11 bits per heavy atom. The minimum absolute atomic E-state index is 0.0369. The first-order valence-corrected chi connectivity index (χ1v) is 29.2. The fourth-order valence-corrected chi connectivity index (χ4v) is 14.2. The van der Waals surface area contributed by atoms with E-state index < -0.39 is 0 Å². The van der Waals surface area contributed by atoms with E-state index in [-0.39, 0.29) is 45.2 Å². The Kier molecular flexibility index (Phi) is 9.70. The van der Waals surface area contributed by atoms with Crippen molar-refractivity contribution in [3.8, 4) is 56.3 Å². The number of benzene rings is 4. The van der Waals surface area contributed by atoms with Crippen LogP contribution in [0.5, 0.6) is 11.5 Å². The molecule has 0 N–H and O–H groups in total. The molecular weight excluding hydrogens is 861 g/mol. The Bertz CT molecular complexity index is 2110. The molecule has 0 unspecified atom stereocenters. The quantitative estimate of drug-likeness (QED) is 0.159. The molecule has 8 aliphatic rings. The number of nitrogens with zero attached hydrogens (tertiary/aromatic N) is 1. The molecule has 0 aliphatic heterocycles. The van der Waals surface area contributed by atoms with Crippen LogP contribution < -0.4 is 10.2 Å². The number of hydrogen-bond donors (Lipinski definition) is 0. The van der Waals surface area contributed by atoms with E-state index >= 15 is 0 Å². The van der Waals surface area contributed by atoms with Crippen molar-refractivity contribution in [2.24, 2.45) is 35.5 Å². The Balaban J connectivity index is 0.00000128. The third-order valence-electron chi connectivity index (χ3n) is 15.4. The summed E-state index contributed by atoms with van der Waals surface area (Å²) in [4.78, 5) is 5.34. The summed E-state index contributed by atoms with van der Waals surface area (Å²) < 4.78 is 4.64. The summed E-state index contributed by atoms with van der Waals surface area (Å²) >= 11 is 0.0833. The molecule has 0 radical (unpaired) electrons. The number of hydrogen-bond acceptors (Lipinski definition) is 3. The van der Waals surface area contributed by atoms with E-state index in [0.717, 1.165) is 91.4 Å². The van der Waals surface area contributed by atoms with Gasteiger partial charge in [-0.3, -0.25) is 0 Å². The number of aromatic nitrogens is 1. The molecular formula is C53H57HfNO2. The molecule has 13 rings (SSSR count). The molecule has 8 saturated carbocycles. The van der Waals surface area contributed by atoms with Crippen molar-refractivity contribution in [3.05, 3.63) is 113 Å². The van der Waals surface area contributed by atoms with Gasteiger partial charge >= 0.3 is 32.3 Å². The van der Waals surface area contributed by atoms with Gasteiger partial charge in [0.15, 0.2) is 0 Å². The third-order valence-corrected chi connectivity index (χ3v) is 15.4. The number of pyridine rings is 1. The van der Waals surface area contributed by atoms with Crippen LogP contribution in [0.15, 0.2) is 91.0 Å².